The molecule has 1 aromatic carbocycles. The number of amidine groups is 1. The Hall–Kier alpha value is -3.19. The van der Waals surface area contributed by atoms with Crippen molar-refractivity contribution in [3.8, 4) is 0 Å². The molecule has 0 radical (unpaired) electrons. The number of rotatable bonds is 4. The second-order valence-electron chi connectivity index (χ2n) is 7.64. The van der Waals surface area contributed by atoms with Crippen LogP contribution in [0.3, 0.4) is 0 Å². The number of carbonyl (C=O) groups excluding carboxylic acids is 1. The average molecular weight is 421 g/mol. The second-order valence-corrected chi connectivity index (χ2v) is 8.07. The van der Waals surface area contributed by atoms with Crippen LogP contribution in [0.2, 0.25) is 5.02 Å². The van der Waals surface area contributed by atoms with Crippen molar-refractivity contribution in [2.24, 2.45) is 9.98 Å². The monoisotopic (exact) mass is 420 g/mol. The molecule has 30 heavy (non-hydrogen) atoms. The van der Waals surface area contributed by atoms with E-state index < -0.39 is 0 Å². The lowest BCUT2D eigenvalue weighted by atomic mass is 10.1. The smallest absolute Gasteiger partial charge is 0.289 e. The van der Waals surface area contributed by atoms with Gasteiger partial charge in [0.05, 0.1) is 5.52 Å². The maximum absolute atomic E-state index is 12.7. The third-order valence-corrected chi connectivity index (χ3v) is 5.84. The fourth-order valence-corrected chi connectivity index (χ4v) is 4.16. The van der Waals surface area contributed by atoms with Gasteiger partial charge < -0.3 is 14.6 Å². The lowest BCUT2D eigenvalue weighted by molar-refractivity contribution is -0.115. The first-order valence-electron chi connectivity index (χ1n) is 9.94. The molecule has 1 unspecified atom stereocenters. The number of nitrogens with zero attached hydrogens (tertiary/aromatic N) is 5. The largest absolute Gasteiger partial charge is 0.353 e. The highest BCUT2D eigenvalue weighted by Gasteiger charge is 2.29. The Kier molecular flexibility index (Phi) is 4.75. The number of hydrogen-bond donors (Lipinski definition) is 1. The molecular formula is C22H21ClN6O. The predicted molar refractivity (Wildman–Crippen MR) is 119 cm³/mol. The molecule has 0 saturated carbocycles. The number of anilines is 1. The first kappa shape index (κ1) is 18.8. The Morgan fingerprint density at radius 2 is 2.03 bits per heavy atom. The SMILES string of the molecule is Cc1ccn2ccnc(N3CC[C@H](NC(=O)C4=NC(c5ccc(Cl)cc5)C=N4)C3)c12. The fraction of sp³-hybridized carbons (Fsp3) is 0.273. The van der Waals surface area contributed by atoms with Gasteiger partial charge >= 0.3 is 0 Å². The number of benzene rings is 1. The van der Waals surface area contributed by atoms with Gasteiger partial charge in [-0.3, -0.25) is 4.79 Å². The summed E-state index contributed by atoms with van der Waals surface area (Å²) in [4.78, 5) is 28.2. The minimum atomic E-state index is -0.248. The van der Waals surface area contributed by atoms with Crippen LogP contribution < -0.4 is 10.2 Å². The van der Waals surface area contributed by atoms with E-state index in [0.29, 0.717) is 11.6 Å². The Morgan fingerprint density at radius 3 is 2.87 bits per heavy atom. The van der Waals surface area contributed by atoms with Gasteiger partial charge in [-0.2, -0.15) is 0 Å². The number of amides is 1. The molecule has 2 atom stereocenters. The summed E-state index contributed by atoms with van der Waals surface area (Å²) >= 11 is 5.94. The Labute approximate surface area is 179 Å². The van der Waals surface area contributed by atoms with Crippen LogP contribution in [0.25, 0.3) is 5.52 Å². The molecule has 1 fully saturated rings. The second kappa shape index (κ2) is 7.57. The van der Waals surface area contributed by atoms with Crippen molar-refractivity contribution in [1.29, 1.82) is 0 Å². The van der Waals surface area contributed by atoms with E-state index in [2.05, 4.69) is 42.6 Å². The molecule has 3 aromatic rings. The molecule has 1 N–H and O–H groups in total. The van der Waals surface area contributed by atoms with Gasteiger partial charge in [0.15, 0.2) is 5.82 Å². The van der Waals surface area contributed by atoms with Crippen LogP contribution in [0.1, 0.15) is 23.6 Å². The molecule has 1 amide bonds. The van der Waals surface area contributed by atoms with E-state index in [-0.39, 0.29) is 23.8 Å². The minimum absolute atomic E-state index is 0.0299. The van der Waals surface area contributed by atoms with Gasteiger partial charge in [-0.1, -0.05) is 23.7 Å². The average Bonchev–Trinajstić information content (AvgIpc) is 3.49. The number of aryl methyl sites for hydroxylation is 1. The first-order valence-corrected chi connectivity index (χ1v) is 10.3. The molecule has 1 saturated heterocycles. The molecule has 8 heteroatoms. The van der Waals surface area contributed by atoms with E-state index >= 15 is 0 Å². The molecule has 2 aliphatic heterocycles. The van der Waals surface area contributed by atoms with Crippen molar-refractivity contribution in [3.63, 3.8) is 0 Å². The van der Waals surface area contributed by atoms with Crippen LogP contribution in [-0.2, 0) is 4.79 Å². The van der Waals surface area contributed by atoms with Crippen LogP contribution in [0.5, 0.6) is 0 Å². The number of aromatic nitrogens is 2. The third-order valence-electron chi connectivity index (χ3n) is 5.59. The highest BCUT2D eigenvalue weighted by molar-refractivity contribution is 6.40. The molecule has 7 nitrogen and oxygen atoms in total. The minimum Gasteiger partial charge on any atom is -0.353 e. The summed E-state index contributed by atoms with van der Waals surface area (Å²) in [5.74, 6) is 0.937. The first-order chi connectivity index (χ1) is 14.6. The highest BCUT2D eigenvalue weighted by atomic mass is 35.5. The lowest BCUT2D eigenvalue weighted by Crippen LogP contribution is -2.40. The summed E-state index contributed by atoms with van der Waals surface area (Å²) in [5.41, 5.74) is 3.26. The zero-order valence-corrected chi connectivity index (χ0v) is 17.3. The van der Waals surface area contributed by atoms with Crippen molar-refractivity contribution in [2.45, 2.75) is 25.4 Å². The van der Waals surface area contributed by atoms with Crippen LogP contribution in [0.15, 0.2) is 58.9 Å². The Morgan fingerprint density at radius 1 is 1.20 bits per heavy atom. The van der Waals surface area contributed by atoms with Gasteiger partial charge in [0.1, 0.15) is 6.04 Å². The van der Waals surface area contributed by atoms with Crippen molar-refractivity contribution in [3.05, 3.63) is 65.1 Å². The number of nitrogens with one attached hydrogen (secondary N) is 1. The Balaban J connectivity index is 1.25. The number of hydrogen-bond acceptors (Lipinski definition) is 5. The molecule has 0 spiro atoms. The molecule has 2 aliphatic rings. The number of aliphatic imine (C=N–C) groups is 2. The van der Waals surface area contributed by atoms with Gasteiger partial charge in [-0.15, -0.1) is 0 Å². The summed E-state index contributed by atoms with van der Waals surface area (Å²) in [6.07, 6.45) is 8.35. The van der Waals surface area contributed by atoms with E-state index in [1.165, 1.54) is 5.56 Å². The van der Waals surface area contributed by atoms with Gasteiger partial charge in [-0.05, 0) is 42.7 Å². The van der Waals surface area contributed by atoms with E-state index in [4.69, 9.17) is 11.6 Å². The molecule has 4 heterocycles. The fourth-order valence-electron chi connectivity index (χ4n) is 4.03. The highest BCUT2D eigenvalue weighted by Crippen LogP contribution is 2.26. The predicted octanol–water partition coefficient (Wildman–Crippen LogP) is 3.22. The van der Waals surface area contributed by atoms with Gasteiger partial charge in [-0.25, -0.2) is 15.0 Å². The van der Waals surface area contributed by atoms with Crippen LogP contribution in [0.4, 0.5) is 5.82 Å². The molecule has 0 bridgehead atoms. The van der Waals surface area contributed by atoms with E-state index in [1.807, 2.05) is 42.9 Å². The summed E-state index contributed by atoms with van der Waals surface area (Å²) in [6, 6.07) is 9.29. The summed E-state index contributed by atoms with van der Waals surface area (Å²) in [5, 5.41) is 3.75. The molecule has 2 aromatic heterocycles. The number of halogens is 1. The van der Waals surface area contributed by atoms with Gasteiger partial charge in [0.25, 0.3) is 5.91 Å². The van der Waals surface area contributed by atoms with Crippen molar-refractivity contribution >= 4 is 40.9 Å². The van der Waals surface area contributed by atoms with E-state index in [0.717, 1.165) is 29.9 Å². The molecule has 5 rings (SSSR count). The number of carbonyl (C=O) groups is 1. The molecular weight excluding hydrogens is 400 g/mol. The zero-order chi connectivity index (χ0) is 20.7. The summed E-state index contributed by atoms with van der Waals surface area (Å²) in [6.45, 7) is 3.63. The topological polar surface area (TPSA) is 74.4 Å². The van der Waals surface area contributed by atoms with Crippen LogP contribution >= 0.6 is 11.6 Å². The third kappa shape index (κ3) is 3.45. The maximum atomic E-state index is 12.7. The lowest BCUT2D eigenvalue weighted by Gasteiger charge is -2.19. The van der Waals surface area contributed by atoms with E-state index in [9.17, 15) is 4.79 Å². The van der Waals surface area contributed by atoms with Crippen molar-refractivity contribution in [2.75, 3.05) is 18.0 Å². The summed E-state index contributed by atoms with van der Waals surface area (Å²) < 4.78 is 2.09. The summed E-state index contributed by atoms with van der Waals surface area (Å²) in [7, 11) is 0. The van der Waals surface area contributed by atoms with E-state index in [1.54, 1.807) is 6.21 Å². The van der Waals surface area contributed by atoms with Crippen LogP contribution in [-0.4, -0.2) is 46.5 Å². The normalized spacial score (nSPS) is 20.7. The molecule has 0 aliphatic carbocycles. The van der Waals surface area contributed by atoms with Gasteiger partial charge in [0.2, 0.25) is 5.84 Å². The maximum Gasteiger partial charge on any atom is 0.289 e. The standard InChI is InChI=1S/C22H21ClN6O/c1-14-6-9-28-11-8-24-21(19(14)28)29-10-7-17(13-29)26-22(30)20-25-12-18(27-20)15-2-4-16(23)5-3-15/h2-6,8-9,11-12,17-18H,7,10,13H2,1H3,(H,26,30)/t17-,18?/m0/s1. The quantitative estimate of drug-likeness (QED) is 0.704. The zero-order valence-electron chi connectivity index (χ0n) is 16.5. The van der Waals surface area contributed by atoms with Crippen molar-refractivity contribution < 1.29 is 4.79 Å². The van der Waals surface area contributed by atoms with Crippen LogP contribution in [0, 0.1) is 6.92 Å². The Bertz CT molecular complexity index is 1170. The number of fused-ring (bicyclic) bond motifs is 1. The van der Waals surface area contributed by atoms with Gasteiger partial charge in [0, 0.05) is 49.0 Å². The van der Waals surface area contributed by atoms with Crippen molar-refractivity contribution in [1.82, 2.24) is 14.7 Å². The molecule has 152 valence electrons.